The molecule has 0 aliphatic carbocycles. The van der Waals surface area contributed by atoms with Crippen LogP contribution in [0.2, 0.25) is 0 Å². The molecule has 1 heterocycles. The zero-order chi connectivity index (χ0) is 14.8. The topological polar surface area (TPSA) is 38.8 Å². The van der Waals surface area contributed by atoms with Crippen LogP contribution >= 0.6 is 0 Å². The molecule has 0 aromatic heterocycles. The standard InChI is InChI=1S/C14H21NO2.C2H4O/c1-15-9-14(16-2)8-13(15)11-17-10-12-6-4-3-5-7-12;1-2-3/h3-7,13-14H,8-11H2,1-2H3;2H,1H3/t13-,14?;/m0./s1. The van der Waals surface area contributed by atoms with Gasteiger partial charge in [-0.05, 0) is 26.0 Å². The molecule has 1 aromatic rings. The lowest BCUT2D eigenvalue weighted by atomic mass is 10.2. The van der Waals surface area contributed by atoms with Crippen LogP contribution in [0.25, 0.3) is 0 Å². The van der Waals surface area contributed by atoms with Crippen LogP contribution in [0.15, 0.2) is 30.3 Å². The summed E-state index contributed by atoms with van der Waals surface area (Å²) >= 11 is 0. The van der Waals surface area contributed by atoms with E-state index in [1.165, 1.54) is 12.5 Å². The number of methoxy groups -OCH3 is 1. The molecule has 4 heteroatoms. The summed E-state index contributed by atoms with van der Waals surface area (Å²) in [4.78, 5) is 11.1. The Hall–Kier alpha value is -1.23. The van der Waals surface area contributed by atoms with E-state index in [-0.39, 0.29) is 0 Å². The largest absolute Gasteiger partial charge is 0.380 e. The van der Waals surface area contributed by atoms with Gasteiger partial charge >= 0.3 is 0 Å². The lowest BCUT2D eigenvalue weighted by Crippen LogP contribution is -2.29. The first kappa shape index (κ1) is 16.8. The summed E-state index contributed by atoms with van der Waals surface area (Å²) in [6.45, 7) is 3.93. The highest BCUT2D eigenvalue weighted by Crippen LogP contribution is 2.18. The monoisotopic (exact) mass is 279 g/mol. The number of carbonyl (C=O) groups is 1. The van der Waals surface area contributed by atoms with Gasteiger partial charge in [-0.1, -0.05) is 30.3 Å². The average Bonchev–Trinajstić information content (AvgIpc) is 2.82. The van der Waals surface area contributed by atoms with Crippen LogP contribution in [-0.4, -0.2) is 50.6 Å². The Kier molecular flexibility index (Phi) is 8.11. The molecule has 20 heavy (non-hydrogen) atoms. The number of rotatable bonds is 5. The summed E-state index contributed by atoms with van der Waals surface area (Å²) in [5, 5.41) is 0. The first-order chi connectivity index (χ1) is 9.71. The van der Waals surface area contributed by atoms with Gasteiger partial charge in [0.2, 0.25) is 0 Å². The van der Waals surface area contributed by atoms with Crippen molar-refractivity contribution in [3.63, 3.8) is 0 Å². The first-order valence-electron chi connectivity index (χ1n) is 6.95. The molecule has 1 unspecified atom stereocenters. The molecule has 1 fully saturated rings. The summed E-state index contributed by atoms with van der Waals surface area (Å²) in [6.07, 6.45) is 2.19. The number of aldehydes is 1. The van der Waals surface area contributed by atoms with Crippen LogP contribution in [-0.2, 0) is 20.9 Å². The minimum Gasteiger partial charge on any atom is -0.380 e. The maximum atomic E-state index is 8.81. The second kappa shape index (κ2) is 9.64. The maximum Gasteiger partial charge on any atom is 0.116 e. The van der Waals surface area contributed by atoms with Gasteiger partial charge in [0.05, 0.1) is 19.3 Å². The van der Waals surface area contributed by atoms with E-state index in [1.807, 2.05) is 18.2 Å². The number of hydrogen-bond donors (Lipinski definition) is 0. The Morgan fingerprint density at radius 2 is 2.00 bits per heavy atom. The molecular weight excluding hydrogens is 254 g/mol. The van der Waals surface area contributed by atoms with E-state index in [9.17, 15) is 0 Å². The molecule has 0 bridgehead atoms. The van der Waals surface area contributed by atoms with Gasteiger partial charge in [-0.15, -0.1) is 0 Å². The number of ether oxygens (including phenoxy) is 2. The molecule has 4 nitrogen and oxygen atoms in total. The number of likely N-dealkylation sites (N-methyl/N-ethyl adjacent to an activating group) is 1. The van der Waals surface area contributed by atoms with E-state index < -0.39 is 0 Å². The Labute approximate surface area is 121 Å². The van der Waals surface area contributed by atoms with Crippen molar-refractivity contribution in [3.8, 4) is 0 Å². The SMILES string of the molecule is CC=O.COC1C[C@@H](COCc2ccccc2)N(C)C1. The third-order valence-corrected chi connectivity index (χ3v) is 3.41. The van der Waals surface area contributed by atoms with Crippen molar-refractivity contribution >= 4 is 6.29 Å². The molecule has 0 radical (unpaired) electrons. The zero-order valence-electron chi connectivity index (χ0n) is 12.6. The number of benzene rings is 1. The van der Waals surface area contributed by atoms with Crippen molar-refractivity contribution in [2.45, 2.75) is 32.1 Å². The molecule has 1 aliphatic rings. The van der Waals surface area contributed by atoms with E-state index in [0.29, 0.717) is 18.8 Å². The molecule has 1 aromatic carbocycles. The maximum absolute atomic E-state index is 8.81. The molecule has 2 rings (SSSR count). The summed E-state index contributed by atoms with van der Waals surface area (Å²) in [6, 6.07) is 10.8. The van der Waals surface area contributed by atoms with Crippen LogP contribution < -0.4 is 0 Å². The number of carbonyl (C=O) groups excluding carboxylic acids is 1. The fourth-order valence-electron chi connectivity index (χ4n) is 2.28. The minimum atomic E-state index is 0.366. The highest BCUT2D eigenvalue weighted by molar-refractivity contribution is 5.44. The van der Waals surface area contributed by atoms with E-state index in [0.717, 1.165) is 25.9 Å². The van der Waals surface area contributed by atoms with Gasteiger partial charge in [0.1, 0.15) is 6.29 Å². The predicted molar refractivity (Wildman–Crippen MR) is 79.7 cm³/mol. The van der Waals surface area contributed by atoms with Crippen molar-refractivity contribution in [1.29, 1.82) is 0 Å². The Balaban J connectivity index is 0.000000612. The molecule has 0 saturated carbocycles. The Morgan fingerprint density at radius 1 is 1.35 bits per heavy atom. The normalized spacial score (nSPS) is 22.1. The fourth-order valence-corrected chi connectivity index (χ4v) is 2.28. The number of likely N-dealkylation sites (tertiary alicyclic amines) is 1. The van der Waals surface area contributed by atoms with Gasteiger partial charge < -0.3 is 14.3 Å². The average molecular weight is 279 g/mol. The van der Waals surface area contributed by atoms with E-state index in [4.69, 9.17) is 14.3 Å². The summed E-state index contributed by atoms with van der Waals surface area (Å²) in [7, 11) is 3.92. The predicted octanol–water partition coefficient (Wildman–Crippen LogP) is 2.13. The van der Waals surface area contributed by atoms with E-state index in [1.54, 1.807) is 7.11 Å². The highest BCUT2D eigenvalue weighted by Gasteiger charge is 2.29. The Bertz CT molecular complexity index is 369. The highest BCUT2D eigenvalue weighted by atomic mass is 16.5. The van der Waals surface area contributed by atoms with E-state index >= 15 is 0 Å². The van der Waals surface area contributed by atoms with Gasteiger partial charge in [-0.25, -0.2) is 0 Å². The third-order valence-electron chi connectivity index (χ3n) is 3.41. The van der Waals surface area contributed by atoms with Crippen molar-refractivity contribution in [1.82, 2.24) is 4.90 Å². The summed E-state index contributed by atoms with van der Waals surface area (Å²) < 4.78 is 11.1. The molecule has 0 spiro atoms. The molecule has 112 valence electrons. The van der Waals surface area contributed by atoms with Crippen LogP contribution in [0.4, 0.5) is 0 Å². The molecule has 1 saturated heterocycles. The van der Waals surface area contributed by atoms with Crippen LogP contribution in [0.1, 0.15) is 18.9 Å². The minimum absolute atomic E-state index is 0.366. The molecular formula is C16H25NO3. The molecule has 2 atom stereocenters. The van der Waals surface area contributed by atoms with Crippen molar-refractivity contribution in [3.05, 3.63) is 35.9 Å². The second-order valence-corrected chi connectivity index (χ2v) is 4.92. The lowest BCUT2D eigenvalue weighted by molar-refractivity contribution is -0.106. The van der Waals surface area contributed by atoms with Gasteiger partial charge in [0, 0.05) is 19.7 Å². The zero-order valence-corrected chi connectivity index (χ0v) is 12.6. The van der Waals surface area contributed by atoms with Crippen molar-refractivity contribution in [2.24, 2.45) is 0 Å². The lowest BCUT2D eigenvalue weighted by Gasteiger charge is -2.18. The molecule has 0 N–H and O–H groups in total. The van der Waals surface area contributed by atoms with Crippen LogP contribution in [0.3, 0.4) is 0 Å². The summed E-state index contributed by atoms with van der Waals surface area (Å²) in [5.74, 6) is 0. The fraction of sp³-hybridized carbons (Fsp3) is 0.562. The van der Waals surface area contributed by atoms with Gasteiger partial charge in [0.15, 0.2) is 0 Å². The third kappa shape index (κ3) is 5.82. The molecule has 0 amide bonds. The number of nitrogens with zero attached hydrogens (tertiary/aromatic N) is 1. The van der Waals surface area contributed by atoms with Crippen LogP contribution in [0.5, 0.6) is 0 Å². The number of hydrogen-bond acceptors (Lipinski definition) is 4. The first-order valence-corrected chi connectivity index (χ1v) is 6.95. The quantitative estimate of drug-likeness (QED) is 0.774. The van der Waals surface area contributed by atoms with Crippen molar-refractivity contribution in [2.75, 3.05) is 27.3 Å². The van der Waals surface area contributed by atoms with Gasteiger partial charge in [-0.2, -0.15) is 0 Å². The summed E-state index contributed by atoms with van der Waals surface area (Å²) in [5.41, 5.74) is 1.23. The van der Waals surface area contributed by atoms with E-state index in [2.05, 4.69) is 24.1 Å². The van der Waals surface area contributed by atoms with Crippen molar-refractivity contribution < 1.29 is 14.3 Å². The smallest absolute Gasteiger partial charge is 0.116 e. The van der Waals surface area contributed by atoms with Crippen LogP contribution in [0, 0.1) is 0 Å². The molecule has 1 aliphatic heterocycles. The van der Waals surface area contributed by atoms with Gasteiger partial charge in [0.25, 0.3) is 0 Å². The van der Waals surface area contributed by atoms with Gasteiger partial charge in [-0.3, -0.25) is 4.90 Å². The Morgan fingerprint density at radius 3 is 2.55 bits per heavy atom. The second-order valence-electron chi connectivity index (χ2n) is 4.92.